The van der Waals surface area contributed by atoms with E-state index in [0.717, 1.165) is 12.1 Å². The molecular formula is C13H14F3NO2S. The number of benzene rings is 1. The van der Waals surface area contributed by atoms with Crippen molar-refractivity contribution in [1.29, 1.82) is 0 Å². The molecule has 1 rings (SSSR count). The maximum absolute atomic E-state index is 12.5. The quantitative estimate of drug-likeness (QED) is 0.872. The molecule has 110 valence electrons. The smallest absolute Gasteiger partial charge is 0.212 e. The van der Waals surface area contributed by atoms with Crippen LogP contribution in [0.4, 0.5) is 13.2 Å². The molecule has 0 aliphatic heterocycles. The number of nitrogens with one attached hydrogen (secondary N) is 1. The first-order valence-electron chi connectivity index (χ1n) is 5.77. The average molecular weight is 305 g/mol. The number of sulfonamides is 1. The van der Waals surface area contributed by atoms with Crippen molar-refractivity contribution in [3.8, 4) is 11.8 Å². The number of rotatable bonds is 3. The second kappa shape index (κ2) is 6.29. The average Bonchev–Trinajstić information content (AvgIpc) is 2.34. The third kappa shape index (κ3) is 4.87. The summed E-state index contributed by atoms with van der Waals surface area (Å²) in [6.07, 6.45) is -4.42. The fourth-order valence-electron chi connectivity index (χ4n) is 1.22. The van der Waals surface area contributed by atoms with Crippen LogP contribution in [-0.4, -0.2) is 20.2 Å². The molecule has 7 heteroatoms. The molecule has 3 nitrogen and oxygen atoms in total. The Hall–Kier alpha value is -1.52. The zero-order valence-corrected chi connectivity index (χ0v) is 11.8. The number of hydrogen-bond acceptors (Lipinski definition) is 2. The summed E-state index contributed by atoms with van der Waals surface area (Å²) in [7, 11) is -3.42. The van der Waals surface area contributed by atoms with E-state index >= 15 is 0 Å². The van der Waals surface area contributed by atoms with Crippen LogP contribution < -0.4 is 4.72 Å². The molecule has 0 fully saturated rings. The summed E-state index contributed by atoms with van der Waals surface area (Å²) in [5.41, 5.74) is -0.601. The first-order chi connectivity index (χ1) is 9.13. The Labute approximate surface area is 116 Å². The van der Waals surface area contributed by atoms with Crippen LogP contribution in [0.1, 0.15) is 25.0 Å². The van der Waals surface area contributed by atoms with Gasteiger partial charge in [-0.1, -0.05) is 17.9 Å². The van der Waals surface area contributed by atoms with Crippen molar-refractivity contribution in [3.63, 3.8) is 0 Å². The summed E-state index contributed by atoms with van der Waals surface area (Å²) < 4.78 is 62.4. The summed E-state index contributed by atoms with van der Waals surface area (Å²) in [5, 5.41) is -0.585. The van der Waals surface area contributed by atoms with Crippen LogP contribution in [0.5, 0.6) is 0 Å². The first kappa shape index (κ1) is 16.5. The zero-order valence-electron chi connectivity index (χ0n) is 11.0. The largest absolute Gasteiger partial charge is 0.416 e. The molecule has 0 atom stereocenters. The zero-order chi connectivity index (χ0) is 15.4. The van der Waals surface area contributed by atoms with Crippen molar-refractivity contribution >= 4 is 10.0 Å². The number of alkyl halides is 3. The highest BCUT2D eigenvalue weighted by Crippen LogP contribution is 2.29. The van der Waals surface area contributed by atoms with E-state index in [-0.39, 0.29) is 12.1 Å². The molecule has 0 bridgehead atoms. The standard InChI is InChI=1S/C13H14F3NO2S/c1-10(2)20(18,19)17-8-4-6-11-5-3-7-12(9-11)13(14,15)16/h3,5,7,9-10,17H,8H2,1-2H3. The monoisotopic (exact) mass is 305 g/mol. The van der Waals surface area contributed by atoms with Crippen LogP contribution in [0.3, 0.4) is 0 Å². The van der Waals surface area contributed by atoms with E-state index in [1.54, 1.807) is 0 Å². The van der Waals surface area contributed by atoms with Gasteiger partial charge in [0.1, 0.15) is 0 Å². The van der Waals surface area contributed by atoms with E-state index in [1.807, 2.05) is 0 Å². The minimum Gasteiger partial charge on any atom is -0.212 e. The molecule has 20 heavy (non-hydrogen) atoms. The molecule has 1 N–H and O–H groups in total. The first-order valence-corrected chi connectivity index (χ1v) is 7.32. The second-order valence-corrected chi connectivity index (χ2v) is 6.62. The second-order valence-electron chi connectivity index (χ2n) is 4.30. The molecule has 0 aliphatic carbocycles. The lowest BCUT2D eigenvalue weighted by Gasteiger charge is -2.06. The van der Waals surface area contributed by atoms with E-state index in [4.69, 9.17) is 0 Å². The number of halogens is 3. The van der Waals surface area contributed by atoms with E-state index in [2.05, 4.69) is 16.6 Å². The van der Waals surface area contributed by atoms with E-state index in [9.17, 15) is 21.6 Å². The lowest BCUT2D eigenvalue weighted by Crippen LogP contribution is -2.30. The van der Waals surface area contributed by atoms with Gasteiger partial charge < -0.3 is 0 Å². The van der Waals surface area contributed by atoms with Gasteiger partial charge in [0.2, 0.25) is 10.0 Å². The molecular weight excluding hydrogens is 291 g/mol. The molecule has 1 aromatic carbocycles. The van der Waals surface area contributed by atoms with Crippen LogP contribution in [-0.2, 0) is 16.2 Å². The summed E-state index contributed by atoms with van der Waals surface area (Å²) in [6, 6.07) is 4.56. The molecule has 1 aromatic rings. The predicted octanol–water partition coefficient (Wildman–Crippen LogP) is 2.38. The van der Waals surface area contributed by atoms with Crippen molar-refractivity contribution in [2.45, 2.75) is 25.3 Å². The molecule has 0 heterocycles. The van der Waals surface area contributed by atoms with Crippen LogP contribution in [0.25, 0.3) is 0 Å². The van der Waals surface area contributed by atoms with Crippen molar-refractivity contribution < 1.29 is 21.6 Å². The Bertz CT molecular complexity index is 625. The normalized spacial score (nSPS) is 12.1. The lowest BCUT2D eigenvalue weighted by molar-refractivity contribution is -0.137. The summed E-state index contributed by atoms with van der Waals surface area (Å²) >= 11 is 0. The van der Waals surface area contributed by atoms with Crippen molar-refractivity contribution in [1.82, 2.24) is 4.72 Å². The van der Waals surface area contributed by atoms with Gasteiger partial charge in [0, 0.05) is 5.56 Å². The summed E-state index contributed by atoms with van der Waals surface area (Å²) in [5.74, 6) is 4.98. The van der Waals surface area contributed by atoms with Gasteiger partial charge in [0.15, 0.2) is 0 Å². The van der Waals surface area contributed by atoms with Crippen molar-refractivity contribution in [2.24, 2.45) is 0 Å². The molecule has 0 saturated carbocycles. The van der Waals surface area contributed by atoms with Gasteiger partial charge in [-0.3, -0.25) is 0 Å². The van der Waals surface area contributed by atoms with E-state index in [0.29, 0.717) is 0 Å². The molecule has 0 aromatic heterocycles. The van der Waals surface area contributed by atoms with Gasteiger partial charge >= 0.3 is 6.18 Å². The fraction of sp³-hybridized carbons (Fsp3) is 0.385. The highest BCUT2D eigenvalue weighted by atomic mass is 32.2. The summed E-state index contributed by atoms with van der Waals surface area (Å²) in [4.78, 5) is 0. The minimum absolute atomic E-state index is 0.142. The van der Waals surface area contributed by atoms with Gasteiger partial charge in [-0.2, -0.15) is 13.2 Å². The van der Waals surface area contributed by atoms with Crippen LogP contribution >= 0.6 is 0 Å². The Balaban J connectivity index is 2.75. The summed E-state index contributed by atoms with van der Waals surface area (Å²) in [6.45, 7) is 2.89. The molecule has 0 radical (unpaired) electrons. The Morgan fingerprint density at radius 1 is 1.30 bits per heavy atom. The third-order valence-corrected chi connectivity index (χ3v) is 4.19. The topological polar surface area (TPSA) is 46.2 Å². The highest BCUT2D eigenvalue weighted by Gasteiger charge is 2.30. The van der Waals surface area contributed by atoms with Crippen LogP contribution in [0.15, 0.2) is 24.3 Å². The van der Waals surface area contributed by atoms with E-state index < -0.39 is 27.0 Å². The maximum atomic E-state index is 12.5. The highest BCUT2D eigenvalue weighted by molar-refractivity contribution is 7.90. The Morgan fingerprint density at radius 2 is 1.95 bits per heavy atom. The Kier molecular flexibility index (Phi) is 5.20. The molecule has 0 saturated heterocycles. The molecule has 0 unspecified atom stereocenters. The van der Waals surface area contributed by atoms with Gasteiger partial charge in [-0.05, 0) is 32.0 Å². The predicted molar refractivity (Wildman–Crippen MR) is 70.4 cm³/mol. The molecule has 0 spiro atoms. The van der Waals surface area contributed by atoms with Crippen LogP contribution in [0, 0.1) is 11.8 Å². The maximum Gasteiger partial charge on any atom is 0.416 e. The lowest BCUT2D eigenvalue weighted by atomic mass is 10.1. The minimum atomic E-state index is -4.42. The van der Waals surface area contributed by atoms with Gasteiger partial charge in [0.25, 0.3) is 0 Å². The third-order valence-electron chi connectivity index (χ3n) is 2.40. The SMILES string of the molecule is CC(C)S(=O)(=O)NCC#Cc1cccc(C(F)(F)F)c1. The molecule has 0 aliphatic rings. The van der Waals surface area contributed by atoms with Crippen molar-refractivity contribution in [3.05, 3.63) is 35.4 Å². The fourth-order valence-corrected chi connectivity index (χ4v) is 1.83. The van der Waals surface area contributed by atoms with Crippen molar-refractivity contribution in [2.75, 3.05) is 6.54 Å². The van der Waals surface area contributed by atoms with Crippen LogP contribution in [0.2, 0.25) is 0 Å². The van der Waals surface area contributed by atoms with Gasteiger partial charge in [-0.15, -0.1) is 0 Å². The van der Waals surface area contributed by atoms with E-state index in [1.165, 1.54) is 26.0 Å². The van der Waals surface area contributed by atoms with Gasteiger partial charge in [0.05, 0.1) is 17.4 Å². The number of hydrogen-bond donors (Lipinski definition) is 1. The van der Waals surface area contributed by atoms with Gasteiger partial charge in [-0.25, -0.2) is 13.1 Å². The Morgan fingerprint density at radius 3 is 2.50 bits per heavy atom. The molecule has 0 amide bonds.